The molecule has 0 radical (unpaired) electrons. The molecular formula is C19H26N4O. The van der Waals surface area contributed by atoms with Gasteiger partial charge in [-0.3, -0.25) is 0 Å². The van der Waals surface area contributed by atoms with Crippen molar-refractivity contribution in [1.82, 2.24) is 9.97 Å². The van der Waals surface area contributed by atoms with Gasteiger partial charge < -0.3 is 15.4 Å². The first-order chi connectivity index (χ1) is 11.6. The number of nitrogen functional groups attached to an aromatic ring is 1. The van der Waals surface area contributed by atoms with Crippen molar-refractivity contribution in [3.05, 3.63) is 41.6 Å². The standard InChI is InChI=1S/C19H26N4O/c1-14-11-18(22-19(20)21-14)23-10-4-6-16(13-23)9-8-15-5-3-7-17(12-15)24-2/h3,5,7,11-12,16H,4,6,8-10,13H2,1-2H3,(H2,20,21,22)/t16-/m1/s1. The van der Waals surface area contributed by atoms with E-state index in [2.05, 4.69) is 33.1 Å². The minimum absolute atomic E-state index is 0.364. The van der Waals surface area contributed by atoms with Crippen molar-refractivity contribution in [2.75, 3.05) is 30.8 Å². The van der Waals surface area contributed by atoms with Crippen LogP contribution in [0, 0.1) is 12.8 Å². The van der Waals surface area contributed by atoms with Gasteiger partial charge in [-0.2, -0.15) is 4.98 Å². The molecule has 0 aliphatic carbocycles. The van der Waals surface area contributed by atoms with Crippen LogP contribution in [0.25, 0.3) is 0 Å². The number of aromatic nitrogens is 2. The van der Waals surface area contributed by atoms with Crippen LogP contribution in [0.15, 0.2) is 30.3 Å². The average molecular weight is 326 g/mol. The molecule has 1 fully saturated rings. The van der Waals surface area contributed by atoms with Crippen molar-refractivity contribution in [2.24, 2.45) is 5.92 Å². The Kier molecular flexibility index (Phi) is 5.18. The number of nitrogens with two attached hydrogens (primary N) is 1. The van der Waals surface area contributed by atoms with Crippen LogP contribution < -0.4 is 15.4 Å². The van der Waals surface area contributed by atoms with Crippen LogP contribution in [0.3, 0.4) is 0 Å². The summed E-state index contributed by atoms with van der Waals surface area (Å²) >= 11 is 0. The van der Waals surface area contributed by atoms with Crippen LogP contribution in [-0.2, 0) is 6.42 Å². The highest BCUT2D eigenvalue weighted by molar-refractivity contribution is 5.43. The van der Waals surface area contributed by atoms with E-state index in [0.717, 1.165) is 36.8 Å². The monoisotopic (exact) mass is 326 g/mol. The SMILES string of the molecule is COc1cccc(CC[C@H]2CCCN(c3cc(C)nc(N)n3)C2)c1. The first-order valence-electron chi connectivity index (χ1n) is 8.63. The van der Waals surface area contributed by atoms with Gasteiger partial charge in [0, 0.05) is 24.8 Å². The second-order valence-corrected chi connectivity index (χ2v) is 6.57. The highest BCUT2D eigenvalue weighted by Gasteiger charge is 2.21. The van der Waals surface area contributed by atoms with Crippen molar-refractivity contribution >= 4 is 11.8 Å². The number of hydrogen-bond acceptors (Lipinski definition) is 5. The zero-order chi connectivity index (χ0) is 16.9. The third kappa shape index (κ3) is 4.16. The molecule has 128 valence electrons. The molecule has 0 spiro atoms. The van der Waals surface area contributed by atoms with Gasteiger partial charge in [-0.05, 0) is 56.2 Å². The van der Waals surface area contributed by atoms with Gasteiger partial charge in [0.15, 0.2) is 0 Å². The summed E-state index contributed by atoms with van der Waals surface area (Å²) in [5.74, 6) is 2.95. The Morgan fingerprint density at radius 1 is 1.29 bits per heavy atom. The Bertz CT molecular complexity index is 669. The van der Waals surface area contributed by atoms with Crippen molar-refractivity contribution in [3.63, 3.8) is 0 Å². The molecule has 2 N–H and O–H groups in total. The van der Waals surface area contributed by atoms with Gasteiger partial charge in [0.2, 0.25) is 5.95 Å². The van der Waals surface area contributed by atoms with Crippen molar-refractivity contribution in [3.8, 4) is 5.75 Å². The fourth-order valence-corrected chi connectivity index (χ4v) is 3.44. The van der Waals surface area contributed by atoms with Gasteiger partial charge in [-0.15, -0.1) is 0 Å². The van der Waals surface area contributed by atoms with Gasteiger partial charge in [-0.1, -0.05) is 12.1 Å². The van der Waals surface area contributed by atoms with E-state index in [0.29, 0.717) is 11.9 Å². The second kappa shape index (κ2) is 7.51. The van der Waals surface area contributed by atoms with Gasteiger partial charge in [0.1, 0.15) is 11.6 Å². The number of methoxy groups -OCH3 is 1. The van der Waals surface area contributed by atoms with E-state index in [1.807, 2.05) is 19.1 Å². The van der Waals surface area contributed by atoms with Crippen LogP contribution >= 0.6 is 0 Å². The molecule has 1 aliphatic rings. The van der Waals surface area contributed by atoms with Crippen molar-refractivity contribution in [2.45, 2.75) is 32.6 Å². The Morgan fingerprint density at radius 3 is 2.96 bits per heavy atom. The fourth-order valence-electron chi connectivity index (χ4n) is 3.44. The third-order valence-electron chi connectivity index (χ3n) is 4.68. The Balaban J connectivity index is 1.61. The lowest BCUT2D eigenvalue weighted by molar-refractivity contribution is 0.389. The molecule has 3 rings (SSSR count). The smallest absolute Gasteiger partial charge is 0.222 e. The normalized spacial score (nSPS) is 17.8. The molecule has 0 amide bonds. The van der Waals surface area contributed by atoms with Gasteiger partial charge in [0.05, 0.1) is 7.11 Å². The van der Waals surface area contributed by atoms with E-state index in [4.69, 9.17) is 10.5 Å². The molecule has 24 heavy (non-hydrogen) atoms. The Labute approximate surface area is 143 Å². The summed E-state index contributed by atoms with van der Waals surface area (Å²) in [5.41, 5.74) is 8.07. The molecule has 1 aromatic heterocycles. The number of aryl methyl sites for hydroxylation is 2. The summed E-state index contributed by atoms with van der Waals surface area (Å²) in [4.78, 5) is 10.9. The molecule has 2 aromatic rings. The highest BCUT2D eigenvalue weighted by atomic mass is 16.5. The van der Waals surface area contributed by atoms with E-state index in [-0.39, 0.29) is 0 Å². The van der Waals surface area contributed by atoms with Crippen LogP contribution in [0.5, 0.6) is 5.75 Å². The topological polar surface area (TPSA) is 64.3 Å². The number of hydrogen-bond donors (Lipinski definition) is 1. The quantitative estimate of drug-likeness (QED) is 0.914. The van der Waals surface area contributed by atoms with Gasteiger partial charge in [0.25, 0.3) is 0 Å². The predicted molar refractivity (Wildman–Crippen MR) is 97.4 cm³/mol. The molecule has 2 heterocycles. The summed E-state index contributed by atoms with van der Waals surface area (Å²) in [5, 5.41) is 0. The van der Waals surface area contributed by atoms with Crippen LogP contribution in [-0.4, -0.2) is 30.2 Å². The first kappa shape index (κ1) is 16.6. The number of anilines is 2. The third-order valence-corrected chi connectivity index (χ3v) is 4.68. The minimum atomic E-state index is 0.364. The molecule has 1 aliphatic heterocycles. The Morgan fingerprint density at radius 2 is 2.17 bits per heavy atom. The number of piperidine rings is 1. The van der Waals surface area contributed by atoms with Crippen molar-refractivity contribution in [1.29, 1.82) is 0 Å². The molecule has 0 unspecified atom stereocenters. The lowest BCUT2D eigenvalue weighted by Gasteiger charge is -2.33. The number of benzene rings is 1. The molecule has 1 aromatic carbocycles. The van der Waals surface area contributed by atoms with E-state index in [9.17, 15) is 0 Å². The highest BCUT2D eigenvalue weighted by Crippen LogP contribution is 2.26. The molecular weight excluding hydrogens is 300 g/mol. The molecule has 0 bridgehead atoms. The lowest BCUT2D eigenvalue weighted by Crippen LogP contribution is -2.36. The predicted octanol–water partition coefficient (Wildman–Crippen LogP) is 3.23. The second-order valence-electron chi connectivity index (χ2n) is 6.57. The largest absolute Gasteiger partial charge is 0.497 e. The summed E-state index contributed by atoms with van der Waals surface area (Å²) < 4.78 is 5.31. The van der Waals surface area contributed by atoms with Crippen LogP contribution in [0.4, 0.5) is 11.8 Å². The van der Waals surface area contributed by atoms with E-state index in [1.54, 1.807) is 7.11 Å². The zero-order valence-corrected chi connectivity index (χ0v) is 14.5. The van der Waals surface area contributed by atoms with E-state index >= 15 is 0 Å². The van der Waals surface area contributed by atoms with E-state index < -0.39 is 0 Å². The number of ether oxygens (including phenoxy) is 1. The maximum Gasteiger partial charge on any atom is 0.222 e. The molecule has 0 saturated carbocycles. The minimum Gasteiger partial charge on any atom is -0.497 e. The van der Waals surface area contributed by atoms with Crippen molar-refractivity contribution < 1.29 is 4.74 Å². The average Bonchev–Trinajstić information content (AvgIpc) is 2.59. The molecule has 1 atom stereocenters. The maximum absolute atomic E-state index is 5.80. The van der Waals surface area contributed by atoms with Gasteiger partial charge in [-0.25, -0.2) is 4.98 Å². The molecule has 1 saturated heterocycles. The zero-order valence-electron chi connectivity index (χ0n) is 14.5. The Hall–Kier alpha value is -2.30. The first-order valence-corrected chi connectivity index (χ1v) is 8.63. The molecule has 5 nitrogen and oxygen atoms in total. The van der Waals surface area contributed by atoms with Crippen LogP contribution in [0.1, 0.15) is 30.5 Å². The number of rotatable bonds is 5. The van der Waals surface area contributed by atoms with E-state index in [1.165, 1.54) is 24.8 Å². The number of nitrogens with zero attached hydrogens (tertiary/aromatic N) is 3. The fraction of sp³-hybridized carbons (Fsp3) is 0.474. The summed E-state index contributed by atoms with van der Waals surface area (Å²) in [6.45, 7) is 4.05. The van der Waals surface area contributed by atoms with Gasteiger partial charge >= 0.3 is 0 Å². The summed E-state index contributed by atoms with van der Waals surface area (Å²) in [6, 6.07) is 10.4. The summed E-state index contributed by atoms with van der Waals surface area (Å²) in [6.07, 6.45) is 4.75. The summed E-state index contributed by atoms with van der Waals surface area (Å²) in [7, 11) is 1.72. The molecule has 5 heteroatoms. The lowest BCUT2D eigenvalue weighted by atomic mass is 9.91. The van der Waals surface area contributed by atoms with Crippen LogP contribution in [0.2, 0.25) is 0 Å². The maximum atomic E-state index is 5.80.